The van der Waals surface area contributed by atoms with Crippen LogP contribution in [0.4, 0.5) is 0 Å². The van der Waals surface area contributed by atoms with Gasteiger partial charge in [-0.1, -0.05) is 37.9 Å². The van der Waals surface area contributed by atoms with E-state index in [0.717, 1.165) is 45.5 Å². The van der Waals surface area contributed by atoms with Crippen LogP contribution in [0.1, 0.15) is 27.0 Å². The van der Waals surface area contributed by atoms with Crippen LogP contribution in [0.3, 0.4) is 0 Å². The molecule has 3 nitrogen and oxygen atoms in total. The van der Waals surface area contributed by atoms with Gasteiger partial charge in [-0.15, -0.1) is 0 Å². The van der Waals surface area contributed by atoms with Crippen molar-refractivity contribution in [3.8, 4) is 22.6 Å². The number of rotatable bonds is 4. The predicted molar refractivity (Wildman–Crippen MR) is 96.2 cm³/mol. The molecule has 0 N–H and O–H groups in total. The monoisotopic (exact) mass is 436 g/mol. The zero-order chi connectivity index (χ0) is 16.0. The minimum atomic E-state index is 0.0527. The Kier molecular flexibility index (Phi) is 3.93. The molecule has 0 radical (unpaired) electrons. The maximum atomic E-state index is 12.0. The van der Waals surface area contributed by atoms with Crippen molar-refractivity contribution in [3.05, 3.63) is 46.5 Å². The van der Waals surface area contributed by atoms with Crippen LogP contribution in [0, 0.1) is 0 Å². The van der Waals surface area contributed by atoms with E-state index in [-0.39, 0.29) is 5.78 Å². The van der Waals surface area contributed by atoms with Gasteiger partial charge in [0.1, 0.15) is 24.7 Å². The molecule has 0 amide bonds. The summed E-state index contributed by atoms with van der Waals surface area (Å²) in [6, 6.07) is 8.10. The van der Waals surface area contributed by atoms with Gasteiger partial charge in [0.25, 0.3) is 0 Å². The van der Waals surface area contributed by atoms with E-state index in [2.05, 4.69) is 44.0 Å². The van der Waals surface area contributed by atoms with E-state index >= 15 is 0 Å². The van der Waals surface area contributed by atoms with Crippen LogP contribution in [0.25, 0.3) is 11.1 Å². The molecule has 23 heavy (non-hydrogen) atoms. The molecule has 0 aliphatic carbocycles. The highest BCUT2D eigenvalue weighted by Gasteiger charge is 2.29. The maximum Gasteiger partial charge on any atom is 0.173 e. The molecule has 0 saturated carbocycles. The number of Topliss-reactive ketones (excluding diaryl/α,β-unsaturated/α-hetero) is 1. The molecule has 0 aromatic heterocycles. The first-order valence-electron chi connectivity index (χ1n) is 7.45. The first kappa shape index (κ1) is 15.2. The minimum absolute atomic E-state index is 0.0527. The number of alkyl halides is 2. The quantitative estimate of drug-likeness (QED) is 0.515. The predicted octanol–water partition coefficient (Wildman–Crippen LogP) is 4.65. The molecule has 5 heteroatoms. The van der Waals surface area contributed by atoms with Gasteiger partial charge in [0.15, 0.2) is 5.78 Å². The summed E-state index contributed by atoms with van der Waals surface area (Å²) in [6.45, 7) is 0.986. The van der Waals surface area contributed by atoms with Gasteiger partial charge in [-0.05, 0) is 30.2 Å². The van der Waals surface area contributed by atoms with Gasteiger partial charge in [0.2, 0.25) is 0 Å². The van der Waals surface area contributed by atoms with Gasteiger partial charge in [0.05, 0.1) is 5.33 Å². The van der Waals surface area contributed by atoms with Crippen molar-refractivity contribution >= 4 is 37.6 Å². The van der Waals surface area contributed by atoms with Crippen molar-refractivity contribution in [2.45, 2.75) is 19.6 Å². The van der Waals surface area contributed by atoms with E-state index in [4.69, 9.17) is 9.47 Å². The third-order valence-electron chi connectivity index (χ3n) is 4.27. The second-order valence-corrected chi connectivity index (χ2v) is 7.06. The summed E-state index contributed by atoms with van der Waals surface area (Å²) in [7, 11) is 0. The lowest BCUT2D eigenvalue weighted by atomic mass is 9.87. The number of hydrogen-bond acceptors (Lipinski definition) is 3. The van der Waals surface area contributed by atoms with Gasteiger partial charge >= 0.3 is 0 Å². The number of carbonyl (C=O) groups is 1. The standard InChI is InChI=1S/C18H14Br2O3/c19-2-1-10-3-12-8-23-16-6-11(14(21)7-20)5-13-9-22-15(4-10)17(12)18(13)16/h3-6H,1-2,7-9H2. The summed E-state index contributed by atoms with van der Waals surface area (Å²) in [6.07, 6.45) is 0.960. The smallest absolute Gasteiger partial charge is 0.173 e. The third kappa shape index (κ3) is 2.50. The molecule has 0 spiro atoms. The average molecular weight is 438 g/mol. The Labute approximate surface area is 151 Å². The van der Waals surface area contributed by atoms with E-state index < -0.39 is 0 Å². The van der Waals surface area contributed by atoms with Crippen molar-refractivity contribution < 1.29 is 14.3 Å². The van der Waals surface area contributed by atoms with Crippen LogP contribution in [0.2, 0.25) is 0 Å². The van der Waals surface area contributed by atoms with Crippen LogP contribution in [0.15, 0.2) is 24.3 Å². The number of hydrogen-bond donors (Lipinski definition) is 0. The third-order valence-corrected chi connectivity index (χ3v) is 5.18. The molecule has 2 heterocycles. The topological polar surface area (TPSA) is 35.5 Å². The first-order valence-corrected chi connectivity index (χ1v) is 9.69. The van der Waals surface area contributed by atoms with E-state index in [0.29, 0.717) is 24.1 Å². The van der Waals surface area contributed by atoms with Crippen LogP contribution in [0.5, 0.6) is 11.5 Å². The molecule has 0 fully saturated rings. The summed E-state index contributed by atoms with van der Waals surface area (Å²) in [5.74, 6) is 1.77. The molecule has 2 aliphatic rings. The van der Waals surface area contributed by atoms with Gasteiger partial charge < -0.3 is 9.47 Å². The molecule has 0 unspecified atom stereocenters. The van der Waals surface area contributed by atoms with Gasteiger partial charge in [0, 0.05) is 33.1 Å². The molecule has 2 aliphatic heterocycles. The summed E-state index contributed by atoms with van der Waals surface area (Å²) in [4.78, 5) is 12.0. The number of ketones is 1. The molecule has 2 aromatic carbocycles. The van der Waals surface area contributed by atoms with Gasteiger partial charge in [-0.3, -0.25) is 4.79 Å². The van der Waals surface area contributed by atoms with Crippen molar-refractivity contribution in [1.82, 2.24) is 0 Å². The average Bonchev–Trinajstić information content (AvgIpc) is 2.58. The fourth-order valence-corrected chi connectivity index (χ4v) is 4.02. The Hall–Kier alpha value is -1.33. The highest BCUT2D eigenvalue weighted by molar-refractivity contribution is 9.09. The Morgan fingerprint density at radius 3 is 2.26 bits per heavy atom. The number of halogens is 2. The van der Waals surface area contributed by atoms with Crippen molar-refractivity contribution in [3.63, 3.8) is 0 Å². The second-order valence-electron chi connectivity index (χ2n) is 5.71. The zero-order valence-electron chi connectivity index (χ0n) is 12.3. The number of aryl methyl sites for hydroxylation is 1. The van der Waals surface area contributed by atoms with Crippen LogP contribution >= 0.6 is 31.9 Å². The van der Waals surface area contributed by atoms with E-state index in [1.165, 1.54) is 5.56 Å². The molecule has 4 rings (SSSR count). The van der Waals surface area contributed by atoms with Gasteiger partial charge in [-0.2, -0.15) is 0 Å². The summed E-state index contributed by atoms with van der Waals surface area (Å²) < 4.78 is 11.9. The molecule has 0 atom stereocenters. The highest BCUT2D eigenvalue weighted by atomic mass is 79.9. The zero-order valence-corrected chi connectivity index (χ0v) is 15.5. The van der Waals surface area contributed by atoms with Gasteiger partial charge in [-0.25, -0.2) is 0 Å². The van der Waals surface area contributed by atoms with Crippen LogP contribution in [-0.4, -0.2) is 16.4 Å². The van der Waals surface area contributed by atoms with Crippen molar-refractivity contribution in [1.29, 1.82) is 0 Å². The fourth-order valence-electron chi connectivity index (χ4n) is 3.24. The summed E-state index contributed by atoms with van der Waals surface area (Å²) in [5, 5.41) is 1.23. The number of ether oxygens (including phenoxy) is 2. The maximum absolute atomic E-state index is 12.0. The van der Waals surface area contributed by atoms with Crippen LogP contribution in [-0.2, 0) is 19.6 Å². The lowest BCUT2D eigenvalue weighted by molar-refractivity contribution is 0.102. The molecular formula is C18H14Br2O3. The molecule has 0 bridgehead atoms. The largest absolute Gasteiger partial charge is 0.488 e. The highest BCUT2D eigenvalue weighted by Crippen LogP contribution is 2.49. The normalized spacial score (nSPS) is 13.8. The number of carbonyl (C=O) groups excluding carboxylic acids is 1. The fraction of sp³-hybridized carbons (Fsp3) is 0.278. The number of benzene rings is 2. The van der Waals surface area contributed by atoms with Crippen LogP contribution < -0.4 is 9.47 Å². The molecule has 2 aromatic rings. The Morgan fingerprint density at radius 1 is 0.957 bits per heavy atom. The first-order chi connectivity index (χ1) is 11.2. The van der Waals surface area contributed by atoms with E-state index in [1.54, 1.807) is 0 Å². The Morgan fingerprint density at radius 2 is 1.61 bits per heavy atom. The van der Waals surface area contributed by atoms with Crippen molar-refractivity contribution in [2.75, 3.05) is 10.7 Å². The van der Waals surface area contributed by atoms with Crippen molar-refractivity contribution in [2.24, 2.45) is 0 Å². The Bertz CT molecular complexity index is 764. The lowest BCUT2D eigenvalue weighted by Gasteiger charge is -2.30. The second kappa shape index (κ2) is 5.95. The summed E-state index contributed by atoms with van der Waals surface area (Å²) in [5.41, 5.74) is 6.31. The molecular weight excluding hydrogens is 424 g/mol. The molecule has 0 saturated heterocycles. The summed E-state index contributed by atoms with van der Waals surface area (Å²) >= 11 is 6.72. The van der Waals surface area contributed by atoms with E-state index in [9.17, 15) is 4.79 Å². The lowest BCUT2D eigenvalue weighted by Crippen LogP contribution is -2.16. The van der Waals surface area contributed by atoms with E-state index in [1.807, 2.05) is 12.1 Å². The SMILES string of the molecule is O=C(CBr)c1cc2c3c(c1)OCc1cc(CCBr)cc(c1-3)OC2. The minimum Gasteiger partial charge on any atom is -0.488 e. The Balaban J connectivity index is 1.90. The molecule has 118 valence electrons.